The molecule has 2 aromatic rings. The standard InChI is InChI=1S/C19H18Cl2N2O9S/c1-7-3-13(25)23(7)17(18(28)29)19(2,33(30)31)12-5-8(32-22-12)4-11(24)9-6-10(20)15(26)16(27)14(9)21/h5-7,17,26-27H,3-4H2,1-2H3,(H,28,29)(H,30,31)/t7-,17+,19+/m1/s1. The van der Waals surface area contributed by atoms with E-state index in [2.05, 4.69) is 5.16 Å². The minimum atomic E-state index is -2.82. The molecule has 0 aliphatic carbocycles. The fraction of sp³-hybridized carbons (Fsp3) is 0.368. The smallest absolute Gasteiger partial charge is 0.328 e. The molecule has 1 unspecified atom stereocenters. The van der Waals surface area contributed by atoms with E-state index in [1.807, 2.05) is 0 Å². The van der Waals surface area contributed by atoms with Gasteiger partial charge in [-0.3, -0.25) is 9.59 Å². The van der Waals surface area contributed by atoms with Gasteiger partial charge in [0.15, 0.2) is 34.4 Å². The molecule has 1 aromatic carbocycles. The Morgan fingerprint density at radius 1 is 1.33 bits per heavy atom. The predicted molar refractivity (Wildman–Crippen MR) is 115 cm³/mol. The number of likely N-dealkylation sites (tertiary alicyclic amines) is 1. The van der Waals surface area contributed by atoms with Gasteiger partial charge < -0.3 is 29.3 Å². The molecule has 178 valence electrons. The van der Waals surface area contributed by atoms with E-state index in [1.165, 1.54) is 0 Å². The van der Waals surface area contributed by atoms with Crippen LogP contribution in [0.3, 0.4) is 0 Å². The lowest BCUT2D eigenvalue weighted by Gasteiger charge is -2.46. The van der Waals surface area contributed by atoms with Crippen LogP contribution in [0.4, 0.5) is 0 Å². The largest absolute Gasteiger partial charge is 0.503 e. The summed E-state index contributed by atoms with van der Waals surface area (Å²) in [6, 6.07) is -0.0193. The van der Waals surface area contributed by atoms with Gasteiger partial charge in [0.05, 0.1) is 16.5 Å². The Hall–Kier alpha value is -2.67. The summed E-state index contributed by atoms with van der Waals surface area (Å²) in [6.07, 6.45) is -0.391. The number of aliphatic carboxylic acids is 1. The quantitative estimate of drug-likeness (QED) is 0.174. The molecule has 1 amide bonds. The van der Waals surface area contributed by atoms with Crippen molar-refractivity contribution in [1.29, 1.82) is 0 Å². The minimum Gasteiger partial charge on any atom is -0.503 e. The molecule has 0 saturated carbocycles. The van der Waals surface area contributed by atoms with Gasteiger partial charge in [-0.15, -0.1) is 0 Å². The molecule has 1 aliphatic heterocycles. The Bertz CT molecular complexity index is 1180. The summed E-state index contributed by atoms with van der Waals surface area (Å²) in [7, 11) is 0. The maximum atomic E-state index is 12.7. The summed E-state index contributed by atoms with van der Waals surface area (Å²) in [5.41, 5.74) is -0.491. The first-order valence-electron chi connectivity index (χ1n) is 9.34. The van der Waals surface area contributed by atoms with Gasteiger partial charge in [0.2, 0.25) is 5.91 Å². The molecule has 14 heteroatoms. The molecule has 1 aromatic heterocycles. The Morgan fingerprint density at radius 2 is 1.97 bits per heavy atom. The average Bonchev–Trinajstić information content (AvgIpc) is 3.20. The first kappa shape index (κ1) is 25.0. The van der Waals surface area contributed by atoms with E-state index in [9.17, 15) is 38.5 Å². The number of carbonyl (C=O) groups is 3. The zero-order chi connectivity index (χ0) is 24.8. The molecule has 3 rings (SSSR count). The number of benzene rings is 1. The van der Waals surface area contributed by atoms with Crippen molar-refractivity contribution in [1.82, 2.24) is 10.1 Å². The maximum absolute atomic E-state index is 12.7. The van der Waals surface area contributed by atoms with Crippen LogP contribution in [0.25, 0.3) is 0 Å². The lowest BCUT2D eigenvalue weighted by atomic mass is 9.89. The number of aromatic nitrogens is 1. The summed E-state index contributed by atoms with van der Waals surface area (Å²) < 4.78 is 25.3. The second-order valence-electron chi connectivity index (χ2n) is 7.65. The number of rotatable bonds is 8. The van der Waals surface area contributed by atoms with Gasteiger partial charge in [-0.2, -0.15) is 0 Å². The number of hydrogen-bond donors (Lipinski definition) is 4. The van der Waals surface area contributed by atoms with Crippen molar-refractivity contribution < 1.29 is 43.0 Å². The van der Waals surface area contributed by atoms with E-state index in [-0.39, 0.29) is 28.5 Å². The van der Waals surface area contributed by atoms with Crippen molar-refractivity contribution in [3.05, 3.63) is 39.2 Å². The van der Waals surface area contributed by atoms with Gasteiger partial charge in [0.1, 0.15) is 16.2 Å². The lowest BCUT2D eigenvalue weighted by Crippen LogP contribution is -2.65. The molecule has 0 bridgehead atoms. The van der Waals surface area contributed by atoms with Crippen LogP contribution >= 0.6 is 23.2 Å². The summed E-state index contributed by atoms with van der Waals surface area (Å²) in [5.74, 6) is -4.31. The summed E-state index contributed by atoms with van der Waals surface area (Å²) in [6.45, 7) is 2.76. The van der Waals surface area contributed by atoms with Crippen LogP contribution in [0.15, 0.2) is 16.7 Å². The van der Waals surface area contributed by atoms with Gasteiger partial charge in [0.25, 0.3) is 0 Å². The van der Waals surface area contributed by atoms with Gasteiger partial charge in [-0.1, -0.05) is 28.4 Å². The van der Waals surface area contributed by atoms with Crippen molar-refractivity contribution in [3.63, 3.8) is 0 Å². The van der Waals surface area contributed by atoms with Crippen LogP contribution in [-0.4, -0.2) is 63.9 Å². The fourth-order valence-corrected chi connectivity index (χ4v) is 4.75. The van der Waals surface area contributed by atoms with Crippen LogP contribution in [0, 0.1) is 0 Å². The molecule has 11 nitrogen and oxygen atoms in total. The number of hydrogen-bond acceptors (Lipinski definition) is 8. The molecule has 4 atom stereocenters. The molecule has 4 N–H and O–H groups in total. The highest BCUT2D eigenvalue weighted by Crippen LogP contribution is 2.42. The Balaban J connectivity index is 1.96. The molecule has 2 heterocycles. The van der Waals surface area contributed by atoms with Crippen LogP contribution in [0.2, 0.25) is 10.0 Å². The van der Waals surface area contributed by atoms with Crippen molar-refractivity contribution >= 4 is 51.9 Å². The van der Waals surface area contributed by atoms with Crippen LogP contribution in [-0.2, 0) is 31.8 Å². The van der Waals surface area contributed by atoms with Gasteiger partial charge in [-0.05, 0) is 19.9 Å². The first-order chi connectivity index (χ1) is 15.3. The molecule has 1 fully saturated rings. The summed E-state index contributed by atoms with van der Waals surface area (Å²) >= 11 is 8.85. The fourth-order valence-electron chi connectivity index (χ4n) is 3.62. The number of nitrogens with zero attached hydrogens (tertiary/aromatic N) is 2. The molecular weight excluding hydrogens is 503 g/mol. The predicted octanol–water partition coefficient (Wildman–Crippen LogP) is 2.33. The highest BCUT2D eigenvalue weighted by molar-refractivity contribution is 7.80. The molecule has 1 saturated heterocycles. The van der Waals surface area contributed by atoms with Gasteiger partial charge >= 0.3 is 5.97 Å². The monoisotopic (exact) mass is 520 g/mol. The number of amides is 1. The number of β-lactam (4-membered cyclic amide) rings is 1. The highest BCUT2D eigenvalue weighted by Gasteiger charge is 2.56. The summed E-state index contributed by atoms with van der Waals surface area (Å²) in [4.78, 5) is 37.7. The van der Waals surface area contributed by atoms with E-state index in [1.54, 1.807) is 6.92 Å². The third-order valence-corrected chi connectivity index (χ3v) is 7.33. The average molecular weight is 521 g/mol. The lowest BCUT2D eigenvalue weighted by molar-refractivity contribution is -0.163. The summed E-state index contributed by atoms with van der Waals surface area (Å²) in [5, 5.41) is 32.1. The topological polar surface area (TPSA) is 178 Å². The molecule has 0 radical (unpaired) electrons. The Kier molecular flexibility index (Phi) is 6.76. The number of halogens is 2. The number of phenolic OH excluding ortho intramolecular Hbond substituents is 2. The van der Waals surface area contributed by atoms with Crippen molar-refractivity contribution in [2.75, 3.05) is 0 Å². The second kappa shape index (κ2) is 8.93. The normalized spacial score (nSPS) is 19.5. The number of carboxylic acid groups (broad SMARTS) is 1. The zero-order valence-electron chi connectivity index (χ0n) is 17.1. The highest BCUT2D eigenvalue weighted by atomic mass is 35.5. The first-order valence-corrected chi connectivity index (χ1v) is 11.2. The third-order valence-electron chi connectivity index (χ3n) is 5.50. The van der Waals surface area contributed by atoms with Crippen molar-refractivity contribution in [2.45, 2.75) is 43.5 Å². The van der Waals surface area contributed by atoms with Gasteiger partial charge in [0, 0.05) is 24.1 Å². The minimum absolute atomic E-state index is 0.0965. The number of carbonyl (C=O) groups excluding carboxylic acids is 2. The molecule has 1 aliphatic rings. The third kappa shape index (κ3) is 4.19. The number of aromatic hydroxyl groups is 2. The second-order valence-corrected chi connectivity index (χ2v) is 9.78. The van der Waals surface area contributed by atoms with E-state index in [4.69, 9.17) is 27.7 Å². The van der Waals surface area contributed by atoms with E-state index < -0.39 is 68.5 Å². The number of ketones is 1. The Morgan fingerprint density at radius 3 is 2.48 bits per heavy atom. The molecular formula is C19H18Cl2N2O9S. The molecule has 0 spiro atoms. The van der Waals surface area contributed by atoms with Crippen molar-refractivity contribution in [3.8, 4) is 11.5 Å². The van der Waals surface area contributed by atoms with Gasteiger partial charge in [-0.25, -0.2) is 9.00 Å². The van der Waals surface area contributed by atoms with Crippen LogP contribution in [0.5, 0.6) is 11.5 Å². The van der Waals surface area contributed by atoms with Crippen LogP contribution in [0.1, 0.15) is 42.1 Å². The van der Waals surface area contributed by atoms with E-state index >= 15 is 0 Å². The Labute approximate surface area is 199 Å². The van der Waals surface area contributed by atoms with Crippen LogP contribution < -0.4 is 0 Å². The number of carboxylic acids is 1. The number of Topliss-reactive ketones (excluding diaryl/α,β-unsaturated/α-hetero) is 1. The number of phenols is 2. The van der Waals surface area contributed by atoms with Crippen molar-refractivity contribution in [2.24, 2.45) is 0 Å². The van der Waals surface area contributed by atoms with E-state index in [0.717, 1.165) is 24.0 Å². The zero-order valence-corrected chi connectivity index (χ0v) is 19.4. The maximum Gasteiger partial charge on any atom is 0.328 e. The SMILES string of the molecule is C[C@@H]1CC(=O)N1[C@@H](C(=O)O)[C@](C)(c1cc(CC(=O)c2cc(Cl)c(O)c(O)c2Cl)on1)S(=O)O. The molecule has 33 heavy (non-hydrogen) atoms. The van der Waals surface area contributed by atoms with E-state index in [0.29, 0.717) is 0 Å².